The van der Waals surface area contributed by atoms with Crippen LogP contribution in [0.4, 0.5) is 0 Å². The molecule has 0 bridgehead atoms. The Kier molecular flexibility index (Phi) is 6.55. The highest BCUT2D eigenvalue weighted by Crippen LogP contribution is 2.24. The molecule has 0 spiro atoms. The predicted octanol–water partition coefficient (Wildman–Crippen LogP) is 6.41. The van der Waals surface area contributed by atoms with Crippen LogP contribution in [0.3, 0.4) is 0 Å². The highest BCUT2D eigenvalue weighted by Gasteiger charge is 2.17. The maximum absolute atomic E-state index is 12.8. The molecule has 1 nitrogen and oxygen atoms in total. The lowest BCUT2D eigenvalue weighted by Crippen LogP contribution is -2.03. The third kappa shape index (κ3) is 5.29. The van der Waals surface area contributed by atoms with E-state index in [1.165, 1.54) is 0 Å². The molecule has 26 heavy (non-hydrogen) atoms. The first-order chi connectivity index (χ1) is 12.8. The van der Waals surface area contributed by atoms with Crippen LogP contribution < -0.4 is 0 Å². The van der Waals surface area contributed by atoms with Gasteiger partial charge in [-0.05, 0) is 48.0 Å². The SMILES string of the molecule is O=C1/C(=C\C=C\c2ccccc2)CCCC/C1=C\C=C/c1ccccc1. The van der Waals surface area contributed by atoms with E-state index in [-0.39, 0.29) is 5.78 Å². The predicted molar refractivity (Wildman–Crippen MR) is 111 cm³/mol. The average molecular weight is 340 g/mol. The molecule has 0 atom stereocenters. The van der Waals surface area contributed by atoms with Gasteiger partial charge in [-0.25, -0.2) is 0 Å². The molecule has 0 unspecified atom stereocenters. The van der Waals surface area contributed by atoms with Gasteiger partial charge in [0.05, 0.1) is 0 Å². The van der Waals surface area contributed by atoms with Crippen LogP contribution in [0.5, 0.6) is 0 Å². The number of hydrogen-bond donors (Lipinski definition) is 0. The first-order valence-electron chi connectivity index (χ1n) is 9.22. The zero-order valence-electron chi connectivity index (χ0n) is 15.0. The summed E-state index contributed by atoms with van der Waals surface area (Å²) in [6.07, 6.45) is 15.9. The lowest BCUT2D eigenvalue weighted by Gasteiger charge is -2.02. The van der Waals surface area contributed by atoms with Crippen molar-refractivity contribution < 1.29 is 4.79 Å². The summed E-state index contributed by atoms with van der Waals surface area (Å²) in [5.74, 6) is 0.193. The number of Topliss-reactive ketones (excluding diaryl/α,β-unsaturated/α-hetero) is 1. The molecule has 0 N–H and O–H groups in total. The monoisotopic (exact) mass is 340 g/mol. The summed E-state index contributed by atoms with van der Waals surface area (Å²) in [4.78, 5) is 12.8. The van der Waals surface area contributed by atoms with Crippen LogP contribution in [0.1, 0.15) is 36.8 Å². The van der Waals surface area contributed by atoms with E-state index in [1.807, 2.05) is 72.9 Å². The highest BCUT2D eigenvalue weighted by atomic mass is 16.1. The number of carbonyl (C=O) groups excluding carboxylic acids is 1. The topological polar surface area (TPSA) is 17.1 Å². The summed E-state index contributed by atoms with van der Waals surface area (Å²) in [6, 6.07) is 20.3. The minimum absolute atomic E-state index is 0.193. The Bertz CT molecular complexity index is 765. The van der Waals surface area contributed by atoms with Gasteiger partial charge in [-0.15, -0.1) is 0 Å². The first kappa shape index (κ1) is 17.9. The van der Waals surface area contributed by atoms with Crippen LogP contribution in [0.25, 0.3) is 12.2 Å². The molecule has 2 aromatic carbocycles. The highest BCUT2D eigenvalue weighted by molar-refractivity contribution is 6.08. The number of rotatable bonds is 4. The van der Waals surface area contributed by atoms with Crippen LogP contribution in [0, 0.1) is 0 Å². The molecular weight excluding hydrogens is 316 g/mol. The van der Waals surface area contributed by atoms with Gasteiger partial charge in [0.2, 0.25) is 0 Å². The summed E-state index contributed by atoms with van der Waals surface area (Å²) >= 11 is 0. The number of ketones is 1. The van der Waals surface area contributed by atoms with E-state index in [4.69, 9.17) is 0 Å². The summed E-state index contributed by atoms with van der Waals surface area (Å²) in [5.41, 5.74) is 4.11. The quantitative estimate of drug-likeness (QED) is 0.464. The molecule has 0 aliphatic heterocycles. The van der Waals surface area contributed by atoms with E-state index in [2.05, 4.69) is 24.3 Å². The van der Waals surface area contributed by atoms with Crippen LogP contribution in [-0.2, 0) is 4.79 Å². The van der Waals surface area contributed by atoms with Crippen molar-refractivity contribution in [2.45, 2.75) is 25.7 Å². The summed E-state index contributed by atoms with van der Waals surface area (Å²) in [5, 5.41) is 0. The molecule has 1 fully saturated rings. The summed E-state index contributed by atoms with van der Waals surface area (Å²) in [6.45, 7) is 0. The Morgan fingerprint density at radius 1 is 0.615 bits per heavy atom. The normalized spacial score (nSPS) is 18.8. The Morgan fingerprint density at radius 2 is 1.04 bits per heavy atom. The van der Waals surface area contributed by atoms with E-state index < -0.39 is 0 Å². The molecule has 3 rings (SSSR count). The molecule has 2 aromatic rings. The van der Waals surface area contributed by atoms with E-state index in [1.54, 1.807) is 0 Å². The maximum Gasteiger partial charge on any atom is 0.184 e. The van der Waals surface area contributed by atoms with E-state index >= 15 is 0 Å². The fourth-order valence-electron chi connectivity index (χ4n) is 3.06. The van der Waals surface area contributed by atoms with Gasteiger partial charge >= 0.3 is 0 Å². The largest absolute Gasteiger partial charge is 0.289 e. The number of allylic oxidation sites excluding steroid dienone is 6. The third-order valence-corrected chi connectivity index (χ3v) is 4.50. The van der Waals surface area contributed by atoms with Crippen molar-refractivity contribution in [3.8, 4) is 0 Å². The molecule has 0 heterocycles. The summed E-state index contributed by atoms with van der Waals surface area (Å²) < 4.78 is 0. The van der Waals surface area contributed by atoms with Gasteiger partial charge in [0.15, 0.2) is 5.78 Å². The van der Waals surface area contributed by atoms with Crippen molar-refractivity contribution in [1.82, 2.24) is 0 Å². The Balaban J connectivity index is 1.72. The lowest BCUT2D eigenvalue weighted by atomic mass is 10.0. The van der Waals surface area contributed by atoms with Crippen LogP contribution in [0.2, 0.25) is 0 Å². The van der Waals surface area contributed by atoms with Crippen molar-refractivity contribution in [1.29, 1.82) is 0 Å². The van der Waals surface area contributed by atoms with E-state index in [0.717, 1.165) is 48.0 Å². The first-order valence-corrected chi connectivity index (χ1v) is 9.22. The van der Waals surface area contributed by atoms with Crippen LogP contribution in [-0.4, -0.2) is 5.78 Å². The van der Waals surface area contributed by atoms with Crippen LogP contribution in [0.15, 0.2) is 96.1 Å². The molecule has 1 heteroatoms. The van der Waals surface area contributed by atoms with E-state index in [9.17, 15) is 4.79 Å². The fraction of sp³-hybridized carbons (Fsp3) is 0.160. The van der Waals surface area contributed by atoms with Crippen molar-refractivity contribution >= 4 is 17.9 Å². The van der Waals surface area contributed by atoms with E-state index in [0.29, 0.717) is 0 Å². The molecular formula is C25H24O. The molecule has 0 saturated heterocycles. The molecule has 1 aliphatic carbocycles. The van der Waals surface area contributed by atoms with Gasteiger partial charge < -0.3 is 0 Å². The number of benzene rings is 2. The zero-order valence-corrected chi connectivity index (χ0v) is 15.0. The van der Waals surface area contributed by atoms with Gasteiger partial charge in [-0.1, -0.05) is 97.1 Å². The Hall–Kier alpha value is -2.93. The number of carbonyl (C=O) groups is 1. The smallest absolute Gasteiger partial charge is 0.184 e. The number of hydrogen-bond acceptors (Lipinski definition) is 1. The Labute approximate surface area is 156 Å². The molecule has 0 amide bonds. The van der Waals surface area contributed by atoms with Crippen molar-refractivity contribution in [3.05, 3.63) is 107 Å². The van der Waals surface area contributed by atoms with Crippen molar-refractivity contribution in [3.63, 3.8) is 0 Å². The standard InChI is InChI=1S/C25H24O/c26-25-23(19-9-15-21-11-3-1-4-12-21)17-7-8-18-24(25)20-10-16-22-13-5-2-6-14-22/h1-6,9-16,19-20H,7-8,17-18H2/b15-9-,16-10+,23-19+,24-20-. The van der Waals surface area contributed by atoms with Gasteiger partial charge in [-0.2, -0.15) is 0 Å². The second kappa shape index (κ2) is 9.53. The summed E-state index contributed by atoms with van der Waals surface area (Å²) in [7, 11) is 0. The van der Waals surface area contributed by atoms with Gasteiger partial charge in [0.1, 0.15) is 0 Å². The lowest BCUT2D eigenvalue weighted by molar-refractivity contribution is -0.112. The van der Waals surface area contributed by atoms with Gasteiger partial charge in [0.25, 0.3) is 0 Å². The van der Waals surface area contributed by atoms with Gasteiger partial charge in [-0.3, -0.25) is 4.79 Å². The average Bonchev–Trinajstić information content (AvgIpc) is 2.86. The minimum atomic E-state index is 0.193. The zero-order chi connectivity index (χ0) is 18.0. The maximum atomic E-state index is 12.8. The second-order valence-corrected chi connectivity index (χ2v) is 6.46. The molecule has 130 valence electrons. The molecule has 0 aromatic heterocycles. The Morgan fingerprint density at radius 3 is 1.46 bits per heavy atom. The molecule has 0 radical (unpaired) electrons. The van der Waals surface area contributed by atoms with Crippen molar-refractivity contribution in [2.24, 2.45) is 0 Å². The van der Waals surface area contributed by atoms with Crippen LogP contribution >= 0.6 is 0 Å². The third-order valence-electron chi connectivity index (χ3n) is 4.50. The molecule has 1 aliphatic rings. The second-order valence-electron chi connectivity index (χ2n) is 6.46. The van der Waals surface area contributed by atoms with Crippen molar-refractivity contribution in [2.75, 3.05) is 0 Å². The minimum Gasteiger partial charge on any atom is -0.289 e. The fourth-order valence-corrected chi connectivity index (χ4v) is 3.06. The molecule has 1 saturated carbocycles. The van der Waals surface area contributed by atoms with Gasteiger partial charge in [0, 0.05) is 0 Å².